The molecular weight excluding hydrogens is 310 g/mol. The Balaban J connectivity index is 0.00000147. The zero-order valence-corrected chi connectivity index (χ0v) is 15.3. The summed E-state index contributed by atoms with van der Waals surface area (Å²) in [5.74, 6) is 0. The molecule has 0 aliphatic rings. The minimum absolute atomic E-state index is 0. The predicted molar refractivity (Wildman–Crippen MR) is 84.0 cm³/mol. The summed E-state index contributed by atoms with van der Waals surface area (Å²) < 4.78 is 0. The normalized spacial score (nSPS) is 10.1. The molecule has 20 heavy (non-hydrogen) atoms. The minimum atomic E-state index is -0.877. The van der Waals surface area contributed by atoms with Crippen LogP contribution >= 0.6 is 0 Å². The van der Waals surface area contributed by atoms with E-state index in [0.29, 0.717) is 0 Å². The fourth-order valence-electron chi connectivity index (χ4n) is 2.31. The Hall–Kier alpha value is -1.50. The van der Waals surface area contributed by atoms with Gasteiger partial charge in [-0.3, -0.25) is 0 Å². The number of rotatable bonds is 3. The first-order valence-electron chi connectivity index (χ1n) is 6.48. The molecule has 0 unspecified atom stereocenters. The molecule has 0 aromatic heterocycles. The van der Waals surface area contributed by atoms with Crippen LogP contribution in [0.1, 0.15) is 0 Å². The van der Waals surface area contributed by atoms with Gasteiger partial charge in [-0.2, -0.15) is 0 Å². The molecule has 93 valence electrons. The van der Waals surface area contributed by atoms with Gasteiger partial charge in [-0.1, -0.05) is 107 Å². The van der Waals surface area contributed by atoms with Crippen molar-refractivity contribution in [3.8, 4) is 0 Å². The molecule has 2 heteroatoms. The Bertz CT molecular complexity index is 529. The smallest absolute Gasteiger partial charge is 0.0624 e. The van der Waals surface area contributed by atoms with Crippen LogP contribution in [0.4, 0.5) is 0 Å². The summed E-state index contributed by atoms with van der Waals surface area (Å²) in [6.45, 7) is 0. The van der Waals surface area contributed by atoms with Gasteiger partial charge in [-0.25, -0.2) is 0 Å². The van der Waals surface area contributed by atoms with Crippen molar-refractivity contribution in [3.05, 3.63) is 91.0 Å². The first kappa shape index (κ1) is 14.9. The molecular formula is C18H15SiZn. The molecule has 0 amide bonds. The summed E-state index contributed by atoms with van der Waals surface area (Å²) in [5, 5.41) is 4.31. The predicted octanol–water partition coefficient (Wildman–Crippen LogP) is 2.20. The second kappa shape index (κ2) is 7.33. The minimum Gasteiger partial charge on any atom is -0.0624 e. The van der Waals surface area contributed by atoms with Crippen molar-refractivity contribution < 1.29 is 19.5 Å². The van der Waals surface area contributed by atoms with Crippen LogP contribution in [0.2, 0.25) is 0 Å². The molecule has 3 aromatic carbocycles. The Morgan fingerprint density at radius 2 is 0.650 bits per heavy atom. The quantitative estimate of drug-likeness (QED) is 0.512. The van der Waals surface area contributed by atoms with Crippen LogP contribution in [0.3, 0.4) is 0 Å². The summed E-state index contributed by atoms with van der Waals surface area (Å²) in [7, 11) is -0.877. The van der Waals surface area contributed by atoms with Gasteiger partial charge in [-0.05, 0) is 0 Å². The summed E-state index contributed by atoms with van der Waals surface area (Å²) in [4.78, 5) is 0. The van der Waals surface area contributed by atoms with E-state index in [1.54, 1.807) is 0 Å². The molecule has 0 aliphatic heterocycles. The van der Waals surface area contributed by atoms with Crippen LogP contribution in [0, 0.1) is 0 Å². The number of hydrogen-bond acceptors (Lipinski definition) is 0. The molecule has 0 aliphatic carbocycles. The van der Waals surface area contributed by atoms with Crippen molar-refractivity contribution in [2.45, 2.75) is 0 Å². The van der Waals surface area contributed by atoms with Gasteiger partial charge in [0.25, 0.3) is 0 Å². The first-order chi connectivity index (χ1) is 9.45. The zero-order valence-electron chi connectivity index (χ0n) is 11.4. The monoisotopic (exact) mass is 323 g/mol. The van der Waals surface area contributed by atoms with Gasteiger partial charge >= 0.3 is 0 Å². The largest absolute Gasteiger partial charge is 0.154 e. The number of benzene rings is 3. The molecule has 0 saturated heterocycles. The molecule has 0 saturated carbocycles. The van der Waals surface area contributed by atoms with Gasteiger partial charge in [0, 0.05) is 19.5 Å². The fourth-order valence-corrected chi connectivity index (χ4v) is 4.89. The summed E-state index contributed by atoms with van der Waals surface area (Å²) in [6, 6.07) is 32.5. The topological polar surface area (TPSA) is 0 Å². The third kappa shape index (κ3) is 3.33. The number of hydrogen-bond donors (Lipinski definition) is 0. The molecule has 0 fully saturated rings. The van der Waals surface area contributed by atoms with Crippen LogP contribution in [0.25, 0.3) is 0 Å². The molecule has 0 nitrogen and oxygen atoms in total. The second-order valence-corrected chi connectivity index (χ2v) is 6.96. The van der Waals surface area contributed by atoms with Crippen LogP contribution in [-0.2, 0) is 19.5 Å². The molecule has 3 aromatic rings. The maximum Gasteiger partial charge on any atom is 0.154 e. The molecule has 0 heterocycles. The van der Waals surface area contributed by atoms with Gasteiger partial charge in [0.2, 0.25) is 0 Å². The third-order valence-corrected chi connectivity index (χ3v) is 5.92. The summed E-state index contributed by atoms with van der Waals surface area (Å²) in [6.07, 6.45) is 0. The van der Waals surface area contributed by atoms with E-state index in [4.69, 9.17) is 0 Å². The Kier molecular flexibility index (Phi) is 5.46. The van der Waals surface area contributed by atoms with Gasteiger partial charge < -0.3 is 0 Å². The summed E-state index contributed by atoms with van der Waals surface area (Å²) in [5.41, 5.74) is 0. The van der Waals surface area contributed by atoms with E-state index in [2.05, 4.69) is 91.0 Å². The average Bonchev–Trinajstić information content (AvgIpc) is 2.51. The van der Waals surface area contributed by atoms with E-state index in [9.17, 15) is 0 Å². The molecule has 0 atom stereocenters. The van der Waals surface area contributed by atoms with E-state index in [-0.39, 0.29) is 19.5 Å². The summed E-state index contributed by atoms with van der Waals surface area (Å²) >= 11 is 0. The maximum atomic E-state index is 2.24. The molecule has 1 radical (unpaired) electrons. The van der Waals surface area contributed by atoms with Crippen molar-refractivity contribution in [2.24, 2.45) is 0 Å². The average molecular weight is 325 g/mol. The Labute approximate surface area is 134 Å². The Morgan fingerprint density at radius 3 is 0.900 bits per heavy atom. The molecule has 3 rings (SSSR count). The maximum absolute atomic E-state index is 2.24. The Morgan fingerprint density at radius 1 is 0.400 bits per heavy atom. The zero-order chi connectivity index (χ0) is 12.9. The van der Waals surface area contributed by atoms with E-state index in [0.717, 1.165) is 0 Å². The first-order valence-corrected chi connectivity index (χ1v) is 7.98. The van der Waals surface area contributed by atoms with Crippen LogP contribution in [-0.4, -0.2) is 8.80 Å². The van der Waals surface area contributed by atoms with Crippen molar-refractivity contribution >= 4 is 24.4 Å². The van der Waals surface area contributed by atoms with E-state index in [1.807, 2.05) is 0 Å². The standard InChI is InChI=1S/C18H15Si.Zn/c1-4-10-16(11-5-1)19(17-12-6-2-7-13-17)18-14-8-3-9-15-18;/h1-15H;. The van der Waals surface area contributed by atoms with Crippen molar-refractivity contribution in [1.29, 1.82) is 0 Å². The van der Waals surface area contributed by atoms with E-state index >= 15 is 0 Å². The fraction of sp³-hybridized carbons (Fsp3) is 0. The molecule has 0 N–H and O–H groups in total. The van der Waals surface area contributed by atoms with Crippen molar-refractivity contribution in [2.75, 3.05) is 0 Å². The van der Waals surface area contributed by atoms with Gasteiger partial charge in [-0.15, -0.1) is 0 Å². The third-order valence-electron chi connectivity index (χ3n) is 3.19. The SMILES string of the molecule is [Zn].c1ccc([Si](c2ccccc2)c2ccccc2)cc1. The van der Waals surface area contributed by atoms with Crippen molar-refractivity contribution in [1.82, 2.24) is 0 Å². The van der Waals surface area contributed by atoms with Gasteiger partial charge in [0.15, 0.2) is 8.80 Å². The van der Waals surface area contributed by atoms with Crippen molar-refractivity contribution in [3.63, 3.8) is 0 Å². The molecule has 0 spiro atoms. The van der Waals surface area contributed by atoms with Crippen LogP contribution < -0.4 is 15.6 Å². The second-order valence-electron chi connectivity index (χ2n) is 4.47. The van der Waals surface area contributed by atoms with Crippen LogP contribution in [0.15, 0.2) is 91.0 Å². The molecule has 0 bridgehead atoms. The van der Waals surface area contributed by atoms with Gasteiger partial charge in [0.05, 0.1) is 0 Å². The van der Waals surface area contributed by atoms with E-state index < -0.39 is 8.80 Å². The van der Waals surface area contributed by atoms with E-state index in [1.165, 1.54) is 15.6 Å². The van der Waals surface area contributed by atoms with Gasteiger partial charge in [0.1, 0.15) is 0 Å². The van der Waals surface area contributed by atoms with Crippen LogP contribution in [0.5, 0.6) is 0 Å².